The van der Waals surface area contributed by atoms with Crippen LogP contribution in [0.25, 0.3) is 5.70 Å². The highest BCUT2D eigenvalue weighted by molar-refractivity contribution is 8.16. The number of aliphatic imine (C=N–C) groups is 1. The first-order chi connectivity index (χ1) is 18.1. The van der Waals surface area contributed by atoms with Crippen LogP contribution in [0, 0.1) is 0 Å². The fourth-order valence-electron chi connectivity index (χ4n) is 4.69. The molecule has 0 aliphatic carbocycles. The maximum atomic E-state index is 13.6. The van der Waals surface area contributed by atoms with Gasteiger partial charge in [-0.25, -0.2) is 9.79 Å². The van der Waals surface area contributed by atoms with Gasteiger partial charge in [0, 0.05) is 24.4 Å². The van der Waals surface area contributed by atoms with Crippen molar-refractivity contribution in [2.75, 3.05) is 40.0 Å². The minimum Gasteiger partial charge on any atom is -0.497 e. The van der Waals surface area contributed by atoms with Crippen LogP contribution in [-0.4, -0.2) is 66.9 Å². The highest BCUT2D eigenvalue weighted by Gasteiger charge is 2.42. The van der Waals surface area contributed by atoms with Gasteiger partial charge in [-0.3, -0.25) is 4.79 Å². The SMILES string of the molecule is CCOC(=O)C1=C(c2ccccc2)N=C2SC=C(CC(=O)N3CCOCC3)N2[C@@H]1c1cccc(OC)c1. The first kappa shape index (κ1) is 25.1. The second-order valence-electron chi connectivity index (χ2n) is 8.69. The molecule has 1 amide bonds. The average Bonchev–Trinajstić information content (AvgIpc) is 3.35. The number of benzene rings is 2. The first-order valence-corrected chi connectivity index (χ1v) is 13.2. The molecule has 3 aliphatic rings. The summed E-state index contributed by atoms with van der Waals surface area (Å²) in [4.78, 5) is 35.5. The Hall–Kier alpha value is -3.56. The van der Waals surface area contributed by atoms with Gasteiger partial charge in [-0.2, -0.15) is 0 Å². The van der Waals surface area contributed by atoms with Crippen LogP contribution in [0.2, 0.25) is 0 Å². The Labute approximate surface area is 220 Å². The zero-order chi connectivity index (χ0) is 25.8. The number of carbonyl (C=O) groups is 2. The molecule has 3 heterocycles. The summed E-state index contributed by atoms with van der Waals surface area (Å²) in [5, 5.41) is 2.67. The summed E-state index contributed by atoms with van der Waals surface area (Å²) in [5.74, 6) is 0.261. The topological polar surface area (TPSA) is 80.7 Å². The van der Waals surface area contributed by atoms with Crippen molar-refractivity contribution in [2.24, 2.45) is 4.99 Å². The lowest BCUT2D eigenvalue weighted by Crippen LogP contribution is -2.42. The number of fused-ring (bicyclic) bond motifs is 1. The quantitative estimate of drug-likeness (QED) is 0.507. The number of amidine groups is 1. The standard InChI is InChI=1S/C28H29N3O5S/c1-3-36-27(33)24-25(19-8-5-4-6-9-19)29-28-31(26(24)20-10-7-11-22(16-20)34-2)21(18-37-28)17-23(32)30-12-14-35-15-13-30/h4-11,16,18,26H,3,12-15,17H2,1-2H3/t26-/m1/s1. The molecule has 37 heavy (non-hydrogen) atoms. The molecular formula is C28H29N3O5S. The average molecular weight is 520 g/mol. The molecule has 3 aliphatic heterocycles. The van der Waals surface area contributed by atoms with E-state index in [2.05, 4.69) is 0 Å². The molecule has 1 fully saturated rings. The predicted molar refractivity (Wildman–Crippen MR) is 143 cm³/mol. The Kier molecular flexibility index (Phi) is 7.62. The van der Waals surface area contributed by atoms with Gasteiger partial charge in [0.15, 0.2) is 5.17 Å². The third-order valence-corrected chi connectivity index (χ3v) is 7.35. The summed E-state index contributed by atoms with van der Waals surface area (Å²) in [7, 11) is 1.61. The summed E-state index contributed by atoms with van der Waals surface area (Å²) >= 11 is 1.46. The summed E-state index contributed by atoms with van der Waals surface area (Å²) in [6.45, 7) is 4.25. The van der Waals surface area contributed by atoms with Crippen LogP contribution in [0.5, 0.6) is 5.75 Å². The number of ether oxygens (including phenoxy) is 3. The number of hydrogen-bond acceptors (Lipinski definition) is 8. The smallest absolute Gasteiger partial charge is 0.338 e. The lowest BCUT2D eigenvalue weighted by atomic mass is 9.91. The molecule has 0 radical (unpaired) electrons. The fraction of sp³-hybridized carbons (Fsp3) is 0.321. The molecule has 2 aromatic rings. The van der Waals surface area contributed by atoms with E-state index >= 15 is 0 Å². The van der Waals surface area contributed by atoms with E-state index in [0.29, 0.717) is 48.5 Å². The van der Waals surface area contributed by atoms with E-state index < -0.39 is 12.0 Å². The zero-order valence-corrected chi connectivity index (χ0v) is 21.7. The van der Waals surface area contributed by atoms with Crippen LogP contribution in [0.1, 0.15) is 30.5 Å². The maximum absolute atomic E-state index is 13.6. The number of thioether (sulfide) groups is 1. The summed E-state index contributed by atoms with van der Waals surface area (Å²) in [5.41, 5.74) is 3.46. The number of hydrogen-bond donors (Lipinski definition) is 0. The van der Waals surface area contributed by atoms with E-state index in [4.69, 9.17) is 19.2 Å². The third-order valence-electron chi connectivity index (χ3n) is 6.46. The number of carbonyl (C=O) groups excluding carboxylic acids is 2. The normalized spacial score (nSPS) is 19.2. The van der Waals surface area contributed by atoms with Gasteiger partial charge in [0.25, 0.3) is 0 Å². The van der Waals surface area contributed by atoms with Crippen LogP contribution >= 0.6 is 11.8 Å². The first-order valence-electron chi connectivity index (χ1n) is 12.3. The van der Waals surface area contributed by atoms with Crippen LogP contribution in [-0.2, 0) is 19.1 Å². The molecule has 0 bridgehead atoms. The van der Waals surface area contributed by atoms with E-state index in [0.717, 1.165) is 16.8 Å². The van der Waals surface area contributed by atoms with Crippen molar-refractivity contribution in [1.82, 2.24) is 9.80 Å². The highest BCUT2D eigenvalue weighted by Crippen LogP contribution is 2.47. The predicted octanol–water partition coefficient (Wildman–Crippen LogP) is 4.22. The Morgan fingerprint density at radius 1 is 1.11 bits per heavy atom. The summed E-state index contributed by atoms with van der Waals surface area (Å²) in [6, 6.07) is 16.7. The Bertz CT molecular complexity index is 1270. The van der Waals surface area contributed by atoms with E-state index in [1.54, 1.807) is 14.0 Å². The van der Waals surface area contributed by atoms with Crippen molar-refractivity contribution >= 4 is 34.5 Å². The minimum absolute atomic E-state index is 0.0244. The molecule has 9 heteroatoms. The lowest BCUT2D eigenvalue weighted by Gasteiger charge is -2.37. The molecule has 1 saturated heterocycles. The molecule has 2 aromatic carbocycles. The molecule has 0 unspecified atom stereocenters. The molecule has 1 atom stereocenters. The number of amides is 1. The van der Waals surface area contributed by atoms with Gasteiger partial charge >= 0.3 is 5.97 Å². The van der Waals surface area contributed by atoms with Crippen molar-refractivity contribution < 1.29 is 23.8 Å². The molecule has 0 aromatic heterocycles. The Balaban J connectivity index is 1.61. The zero-order valence-electron chi connectivity index (χ0n) is 20.9. The molecule has 0 N–H and O–H groups in total. The number of methoxy groups -OCH3 is 1. The number of rotatable bonds is 7. The van der Waals surface area contributed by atoms with Gasteiger partial charge in [0.1, 0.15) is 5.75 Å². The van der Waals surface area contributed by atoms with E-state index in [1.807, 2.05) is 69.8 Å². The Morgan fingerprint density at radius 3 is 2.62 bits per heavy atom. The second-order valence-corrected chi connectivity index (χ2v) is 9.53. The lowest BCUT2D eigenvalue weighted by molar-refractivity contribution is -0.139. The second kappa shape index (κ2) is 11.2. The molecular weight excluding hydrogens is 490 g/mol. The summed E-state index contributed by atoms with van der Waals surface area (Å²) < 4.78 is 16.5. The van der Waals surface area contributed by atoms with E-state index in [1.165, 1.54) is 11.8 Å². The monoisotopic (exact) mass is 519 g/mol. The van der Waals surface area contributed by atoms with Gasteiger partial charge < -0.3 is 24.0 Å². The van der Waals surface area contributed by atoms with Crippen molar-refractivity contribution in [1.29, 1.82) is 0 Å². The number of morpholine rings is 1. The van der Waals surface area contributed by atoms with Crippen molar-refractivity contribution in [2.45, 2.75) is 19.4 Å². The largest absolute Gasteiger partial charge is 0.497 e. The van der Waals surface area contributed by atoms with Crippen LogP contribution in [0.4, 0.5) is 0 Å². The van der Waals surface area contributed by atoms with Crippen molar-refractivity contribution in [3.8, 4) is 5.75 Å². The third kappa shape index (κ3) is 5.14. The van der Waals surface area contributed by atoms with Crippen molar-refractivity contribution in [3.05, 3.63) is 82.4 Å². The fourth-order valence-corrected chi connectivity index (χ4v) is 5.61. The molecule has 0 spiro atoms. The number of nitrogens with zero attached hydrogens (tertiary/aromatic N) is 3. The van der Waals surface area contributed by atoms with Crippen LogP contribution < -0.4 is 4.74 Å². The van der Waals surface area contributed by atoms with Gasteiger partial charge in [-0.05, 0) is 30.0 Å². The van der Waals surface area contributed by atoms with Crippen molar-refractivity contribution in [3.63, 3.8) is 0 Å². The number of esters is 1. The molecule has 5 rings (SSSR count). The van der Waals surface area contributed by atoms with E-state index in [-0.39, 0.29) is 18.9 Å². The molecule has 0 saturated carbocycles. The van der Waals surface area contributed by atoms with E-state index in [9.17, 15) is 9.59 Å². The molecule has 8 nitrogen and oxygen atoms in total. The minimum atomic E-state index is -0.546. The van der Waals surface area contributed by atoms with Crippen LogP contribution in [0.3, 0.4) is 0 Å². The van der Waals surface area contributed by atoms with Gasteiger partial charge in [-0.15, -0.1) is 0 Å². The Morgan fingerprint density at radius 2 is 1.89 bits per heavy atom. The molecule has 192 valence electrons. The maximum Gasteiger partial charge on any atom is 0.338 e. The summed E-state index contributed by atoms with van der Waals surface area (Å²) in [6.07, 6.45) is 0.198. The van der Waals surface area contributed by atoms with Crippen LogP contribution in [0.15, 0.2) is 76.3 Å². The van der Waals surface area contributed by atoms with Gasteiger partial charge in [0.2, 0.25) is 5.91 Å². The highest BCUT2D eigenvalue weighted by atomic mass is 32.2. The van der Waals surface area contributed by atoms with Gasteiger partial charge in [0.05, 0.1) is 50.7 Å². The van der Waals surface area contributed by atoms with Gasteiger partial charge in [-0.1, -0.05) is 54.2 Å².